The molecule has 0 unspecified atom stereocenters. The highest BCUT2D eigenvalue weighted by molar-refractivity contribution is 5.98. The zero-order chi connectivity index (χ0) is 24.5. The van der Waals surface area contributed by atoms with E-state index >= 15 is 0 Å². The molecule has 6 nitrogen and oxygen atoms in total. The molecule has 33 heavy (non-hydrogen) atoms. The van der Waals surface area contributed by atoms with Gasteiger partial charge in [-0.1, -0.05) is 13.0 Å². The molecule has 178 valence electrons. The van der Waals surface area contributed by atoms with E-state index in [4.69, 9.17) is 9.47 Å². The third-order valence-electron chi connectivity index (χ3n) is 4.42. The Morgan fingerprint density at radius 1 is 1.09 bits per heavy atom. The van der Waals surface area contributed by atoms with Crippen molar-refractivity contribution in [2.24, 2.45) is 0 Å². The van der Waals surface area contributed by atoms with Crippen molar-refractivity contribution in [3.63, 3.8) is 0 Å². The number of rotatable bonds is 10. The van der Waals surface area contributed by atoms with Crippen molar-refractivity contribution in [3.05, 3.63) is 59.4 Å². The van der Waals surface area contributed by atoms with Gasteiger partial charge in [0.1, 0.15) is 6.54 Å². The maximum absolute atomic E-state index is 13.8. The first-order chi connectivity index (χ1) is 15.7. The summed E-state index contributed by atoms with van der Waals surface area (Å²) >= 11 is 0. The number of ether oxygens (including phenoxy) is 2. The maximum atomic E-state index is 13.8. The minimum absolute atomic E-state index is 0.0319. The smallest absolute Gasteiger partial charge is 0.247 e. The first kappa shape index (κ1) is 25.8. The second-order valence-corrected chi connectivity index (χ2v) is 7.44. The van der Waals surface area contributed by atoms with Crippen LogP contribution in [-0.2, 0) is 9.59 Å². The number of carbonyl (C=O) groups excluding carboxylic acids is 2. The second kappa shape index (κ2) is 11.9. The molecule has 2 rings (SSSR count). The van der Waals surface area contributed by atoms with Gasteiger partial charge in [0, 0.05) is 12.6 Å². The topological polar surface area (TPSA) is 67.9 Å². The Balaban J connectivity index is 2.09. The summed E-state index contributed by atoms with van der Waals surface area (Å²) in [4.78, 5) is 26.2. The average molecular weight is 464 g/mol. The van der Waals surface area contributed by atoms with Crippen LogP contribution in [-0.4, -0.2) is 43.0 Å². The van der Waals surface area contributed by atoms with Crippen molar-refractivity contribution in [1.29, 1.82) is 0 Å². The summed E-state index contributed by atoms with van der Waals surface area (Å²) in [5.41, 5.74) is 0.176. The molecule has 0 bridgehead atoms. The summed E-state index contributed by atoms with van der Waals surface area (Å²) in [5, 5.41) is 2.16. The van der Waals surface area contributed by atoms with Gasteiger partial charge in [-0.05, 0) is 56.2 Å². The van der Waals surface area contributed by atoms with Gasteiger partial charge in [-0.25, -0.2) is 13.2 Å². The van der Waals surface area contributed by atoms with Gasteiger partial charge in [-0.15, -0.1) is 0 Å². The fraction of sp³-hybridized carbons (Fsp3) is 0.333. The number of anilines is 1. The molecule has 0 aliphatic heterocycles. The van der Waals surface area contributed by atoms with Gasteiger partial charge in [0.2, 0.25) is 11.8 Å². The molecule has 0 saturated carbocycles. The van der Waals surface area contributed by atoms with Crippen LogP contribution < -0.4 is 14.8 Å². The lowest BCUT2D eigenvalue weighted by molar-refractivity contribution is -0.130. The monoisotopic (exact) mass is 464 g/mol. The van der Waals surface area contributed by atoms with Gasteiger partial charge in [0.05, 0.1) is 18.9 Å². The van der Waals surface area contributed by atoms with Crippen LogP contribution >= 0.6 is 0 Å². The standard InChI is InChI=1S/C24H27F3N2O4/c1-5-12-29(14-21(30)28-18-9-8-17(25)23(26)24(18)27)22(31)11-7-16-6-10-19(33-15(2)3)20(13-16)32-4/h6-11,13,15H,5,12,14H2,1-4H3,(H,28,30). The summed E-state index contributed by atoms with van der Waals surface area (Å²) < 4.78 is 51.2. The number of halogens is 3. The number of benzene rings is 2. The van der Waals surface area contributed by atoms with Crippen molar-refractivity contribution < 1.29 is 32.2 Å². The Labute approximate surface area is 191 Å². The minimum Gasteiger partial charge on any atom is -0.493 e. The van der Waals surface area contributed by atoms with E-state index in [0.29, 0.717) is 29.5 Å². The van der Waals surface area contributed by atoms with Crippen LogP contribution in [0.15, 0.2) is 36.4 Å². The molecule has 0 fully saturated rings. The molecule has 2 aromatic rings. The van der Waals surface area contributed by atoms with E-state index in [0.717, 1.165) is 6.07 Å². The average Bonchev–Trinajstić information content (AvgIpc) is 2.77. The molecule has 2 amide bonds. The molecule has 0 saturated heterocycles. The number of hydrogen-bond acceptors (Lipinski definition) is 4. The number of methoxy groups -OCH3 is 1. The van der Waals surface area contributed by atoms with E-state index < -0.39 is 35.0 Å². The predicted octanol–water partition coefficient (Wildman–Crippen LogP) is 4.79. The fourth-order valence-corrected chi connectivity index (χ4v) is 2.93. The zero-order valence-electron chi connectivity index (χ0n) is 19.0. The van der Waals surface area contributed by atoms with E-state index in [9.17, 15) is 22.8 Å². The molecule has 1 N–H and O–H groups in total. The van der Waals surface area contributed by atoms with Gasteiger partial charge in [-0.3, -0.25) is 9.59 Å². The first-order valence-corrected chi connectivity index (χ1v) is 10.4. The summed E-state index contributed by atoms with van der Waals surface area (Å²) in [6.45, 7) is 5.49. The van der Waals surface area contributed by atoms with Crippen molar-refractivity contribution in [3.8, 4) is 11.5 Å². The lowest BCUT2D eigenvalue weighted by atomic mass is 10.2. The Morgan fingerprint density at radius 2 is 1.82 bits per heavy atom. The lowest BCUT2D eigenvalue weighted by Gasteiger charge is -2.20. The third-order valence-corrected chi connectivity index (χ3v) is 4.42. The first-order valence-electron chi connectivity index (χ1n) is 10.4. The Kier molecular flexibility index (Phi) is 9.32. The summed E-state index contributed by atoms with van der Waals surface area (Å²) in [7, 11) is 1.51. The fourth-order valence-electron chi connectivity index (χ4n) is 2.93. The van der Waals surface area contributed by atoms with Crippen molar-refractivity contribution in [2.75, 3.05) is 25.5 Å². The molecule has 0 aliphatic carbocycles. The van der Waals surface area contributed by atoms with Gasteiger partial charge < -0.3 is 19.7 Å². The maximum Gasteiger partial charge on any atom is 0.247 e. The van der Waals surface area contributed by atoms with Crippen molar-refractivity contribution in [2.45, 2.75) is 33.3 Å². The largest absolute Gasteiger partial charge is 0.493 e. The van der Waals surface area contributed by atoms with Gasteiger partial charge in [0.25, 0.3) is 0 Å². The summed E-state index contributed by atoms with van der Waals surface area (Å²) in [6.07, 6.45) is 3.41. The van der Waals surface area contributed by atoms with E-state index in [2.05, 4.69) is 5.32 Å². The van der Waals surface area contributed by atoms with Gasteiger partial charge >= 0.3 is 0 Å². The Bertz CT molecular complexity index is 1030. The SMILES string of the molecule is CCCN(CC(=O)Nc1ccc(F)c(F)c1F)C(=O)C=Cc1ccc(OC(C)C)c(OC)c1. The van der Waals surface area contributed by atoms with Crippen molar-refractivity contribution in [1.82, 2.24) is 4.90 Å². The zero-order valence-corrected chi connectivity index (χ0v) is 19.0. The lowest BCUT2D eigenvalue weighted by Crippen LogP contribution is -2.37. The van der Waals surface area contributed by atoms with Crippen LogP contribution in [0.25, 0.3) is 6.08 Å². The number of nitrogens with one attached hydrogen (secondary N) is 1. The van der Waals surface area contributed by atoms with Crippen LogP contribution in [0, 0.1) is 17.5 Å². The summed E-state index contributed by atoms with van der Waals surface area (Å²) in [6, 6.07) is 6.82. The highest BCUT2D eigenvalue weighted by Gasteiger charge is 2.18. The van der Waals surface area contributed by atoms with E-state index in [1.165, 1.54) is 18.1 Å². The molecular weight excluding hydrogens is 437 g/mol. The molecule has 9 heteroatoms. The molecule has 0 heterocycles. The Morgan fingerprint density at radius 3 is 2.45 bits per heavy atom. The van der Waals surface area contributed by atoms with Crippen LogP contribution in [0.1, 0.15) is 32.8 Å². The molecule has 0 atom stereocenters. The number of nitrogens with zero attached hydrogens (tertiary/aromatic N) is 1. The van der Waals surface area contributed by atoms with Gasteiger partial charge in [-0.2, -0.15) is 0 Å². The normalized spacial score (nSPS) is 11.0. The molecule has 0 spiro atoms. The van der Waals surface area contributed by atoms with E-state index in [1.54, 1.807) is 24.3 Å². The van der Waals surface area contributed by atoms with Gasteiger partial charge in [0.15, 0.2) is 29.0 Å². The van der Waals surface area contributed by atoms with Crippen LogP contribution in [0.5, 0.6) is 11.5 Å². The molecule has 0 radical (unpaired) electrons. The van der Waals surface area contributed by atoms with Crippen LogP contribution in [0.4, 0.5) is 18.9 Å². The highest BCUT2D eigenvalue weighted by Crippen LogP contribution is 2.29. The van der Waals surface area contributed by atoms with Crippen LogP contribution in [0.3, 0.4) is 0 Å². The molecule has 0 aromatic heterocycles. The quantitative estimate of drug-likeness (QED) is 0.406. The van der Waals surface area contributed by atoms with E-state index in [-0.39, 0.29) is 19.2 Å². The summed E-state index contributed by atoms with van der Waals surface area (Å²) in [5.74, 6) is -4.65. The number of carbonyl (C=O) groups is 2. The van der Waals surface area contributed by atoms with E-state index in [1.807, 2.05) is 20.8 Å². The van der Waals surface area contributed by atoms with Crippen molar-refractivity contribution >= 4 is 23.6 Å². The van der Waals surface area contributed by atoms with Crippen LogP contribution in [0.2, 0.25) is 0 Å². The molecular formula is C24H27F3N2O4. The highest BCUT2D eigenvalue weighted by atomic mass is 19.2. The molecule has 0 aliphatic rings. The minimum atomic E-state index is -1.68. The second-order valence-electron chi connectivity index (χ2n) is 7.44. The number of hydrogen-bond donors (Lipinski definition) is 1. The molecule has 2 aromatic carbocycles. The Hall–Kier alpha value is -3.49. The predicted molar refractivity (Wildman–Crippen MR) is 120 cm³/mol. The third kappa shape index (κ3) is 7.27. The number of amides is 2.